The van der Waals surface area contributed by atoms with E-state index in [4.69, 9.17) is 15.9 Å². The fourth-order valence-electron chi connectivity index (χ4n) is 2.91. The fourth-order valence-corrected chi connectivity index (χ4v) is 2.91. The number of terminal acetylenes is 1. The molecule has 31 heavy (non-hydrogen) atoms. The van der Waals surface area contributed by atoms with Gasteiger partial charge >= 0.3 is 0 Å². The third-order valence-electron chi connectivity index (χ3n) is 4.52. The van der Waals surface area contributed by atoms with Crippen LogP contribution in [-0.4, -0.2) is 43.2 Å². The first-order valence-electron chi connectivity index (χ1n) is 9.11. The molecule has 1 aliphatic rings. The van der Waals surface area contributed by atoms with Crippen molar-refractivity contribution in [1.29, 1.82) is 0 Å². The minimum absolute atomic E-state index is 0.106. The van der Waals surface area contributed by atoms with E-state index in [1.165, 1.54) is 4.90 Å². The molecule has 2 aromatic carbocycles. The number of hydrogen-bond donors (Lipinski definition) is 0. The van der Waals surface area contributed by atoms with E-state index in [1.54, 1.807) is 24.3 Å². The van der Waals surface area contributed by atoms with E-state index in [-0.39, 0.29) is 26.3 Å². The molecule has 1 heterocycles. The van der Waals surface area contributed by atoms with Gasteiger partial charge in [-0.1, -0.05) is 12.0 Å². The summed E-state index contributed by atoms with van der Waals surface area (Å²) in [5.41, 5.74) is -0.552. The van der Waals surface area contributed by atoms with Crippen molar-refractivity contribution >= 4 is 12.0 Å². The van der Waals surface area contributed by atoms with Crippen LogP contribution in [0.15, 0.2) is 30.3 Å². The molecule has 1 atom stereocenters. The Bertz CT molecular complexity index is 1030. The lowest BCUT2D eigenvalue weighted by molar-refractivity contribution is -0.134. The molecule has 3 rings (SSSR count). The van der Waals surface area contributed by atoms with Crippen LogP contribution in [0.2, 0.25) is 0 Å². The zero-order valence-electron chi connectivity index (χ0n) is 16.0. The highest BCUT2D eigenvalue weighted by molar-refractivity contribution is 5.92. The van der Waals surface area contributed by atoms with E-state index in [2.05, 4.69) is 5.92 Å². The molecule has 4 nitrogen and oxygen atoms in total. The maximum atomic E-state index is 13.7. The lowest BCUT2D eigenvalue weighted by Crippen LogP contribution is -2.47. The predicted octanol–water partition coefficient (Wildman–Crippen LogP) is 3.68. The summed E-state index contributed by atoms with van der Waals surface area (Å²) < 4.78 is 78.3. The number of halogens is 5. The number of amides is 1. The van der Waals surface area contributed by atoms with E-state index in [1.807, 2.05) is 0 Å². The minimum atomic E-state index is -2.26. The van der Waals surface area contributed by atoms with Gasteiger partial charge in [-0.15, -0.1) is 6.42 Å². The van der Waals surface area contributed by atoms with Crippen molar-refractivity contribution in [3.8, 4) is 18.1 Å². The van der Waals surface area contributed by atoms with Gasteiger partial charge in [0.25, 0.3) is 0 Å². The number of hydrogen-bond acceptors (Lipinski definition) is 3. The Morgan fingerprint density at radius 1 is 1.16 bits per heavy atom. The quantitative estimate of drug-likeness (QED) is 0.236. The molecule has 1 amide bonds. The molecule has 0 saturated carbocycles. The molecular weight excluding hydrogens is 421 g/mol. The number of nitrogens with zero attached hydrogens (tertiary/aromatic N) is 1. The van der Waals surface area contributed by atoms with Crippen molar-refractivity contribution in [3.05, 3.63) is 70.6 Å². The summed E-state index contributed by atoms with van der Waals surface area (Å²) in [6, 6.07) is 6.84. The van der Waals surface area contributed by atoms with Crippen LogP contribution in [0.3, 0.4) is 0 Å². The van der Waals surface area contributed by atoms with Gasteiger partial charge in [-0.2, -0.15) is 0 Å². The molecule has 162 valence electrons. The Balaban J connectivity index is 1.64. The van der Waals surface area contributed by atoms with Gasteiger partial charge in [0, 0.05) is 18.2 Å². The molecule has 1 unspecified atom stereocenters. The third-order valence-corrected chi connectivity index (χ3v) is 4.52. The average molecular weight is 437 g/mol. The van der Waals surface area contributed by atoms with Gasteiger partial charge in [-0.3, -0.25) is 4.79 Å². The largest absolute Gasteiger partial charge is 0.491 e. The summed E-state index contributed by atoms with van der Waals surface area (Å²) in [6.45, 7) is 0.582. The highest BCUT2D eigenvalue weighted by Gasteiger charge is 2.26. The monoisotopic (exact) mass is 437 g/mol. The molecule has 1 saturated heterocycles. The first kappa shape index (κ1) is 22.3. The first-order chi connectivity index (χ1) is 14.8. The van der Waals surface area contributed by atoms with Gasteiger partial charge in [0.2, 0.25) is 11.7 Å². The molecule has 0 N–H and O–H groups in total. The number of morpholine rings is 1. The van der Waals surface area contributed by atoms with Gasteiger partial charge in [0.1, 0.15) is 18.5 Å². The highest BCUT2D eigenvalue weighted by atomic mass is 19.2. The Hall–Kier alpha value is -3.38. The molecule has 1 fully saturated rings. The number of carbonyl (C=O) groups excluding carboxylic acids is 1. The summed E-state index contributed by atoms with van der Waals surface area (Å²) in [5, 5.41) is 0. The lowest BCUT2D eigenvalue weighted by atomic mass is 10.1. The van der Waals surface area contributed by atoms with Crippen molar-refractivity contribution in [3.63, 3.8) is 0 Å². The number of rotatable bonds is 5. The van der Waals surface area contributed by atoms with Crippen LogP contribution in [-0.2, 0) is 9.53 Å². The minimum Gasteiger partial charge on any atom is -0.491 e. The van der Waals surface area contributed by atoms with Crippen LogP contribution < -0.4 is 4.74 Å². The van der Waals surface area contributed by atoms with Gasteiger partial charge in [-0.05, 0) is 24.3 Å². The van der Waals surface area contributed by atoms with E-state index in [0.29, 0.717) is 17.4 Å². The van der Waals surface area contributed by atoms with Crippen LogP contribution in [0, 0.1) is 41.4 Å². The zero-order valence-corrected chi connectivity index (χ0v) is 16.0. The van der Waals surface area contributed by atoms with E-state index in [9.17, 15) is 26.7 Å². The van der Waals surface area contributed by atoms with Crippen LogP contribution in [0.5, 0.6) is 5.75 Å². The Morgan fingerprint density at radius 3 is 2.52 bits per heavy atom. The fraction of sp³-hybridized carbons (Fsp3) is 0.227. The van der Waals surface area contributed by atoms with Crippen LogP contribution in [0.4, 0.5) is 22.0 Å². The van der Waals surface area contributed by atoms with Crippen molar-refractivity contribution in [2.45, 2.75) is 6.10 Å². The van der Waals surface area contributed by atoms with Crippen molar-refractivity contribution in [1.82, 2.24) is 4.90 Å². The zero-order chi connectivity index (χ0) is 22.5. The van der Waals surface area contributed by atoms with Gasteiger partial charge in [-0.25, -0.2) is 22.0 Å². The summed E-state index contributed by atoms with van der Waals surface area (Å²) in [4.78, 5) is 13.7. The summed E-state index contributed by atoms with van der Waals surface area (Å²) in [5.74, 6) is -8.12. The average Bonchev–Trinajstić information content (AvgIpc) is 2.80. The Morgan fingerprint density at radius 2 is 1.84 bits per heavy atom. The Labute approximate surface area is 174 Å². The van der Waals surface area contributed by atoms with E-state index < -0.39 is 46.7 Å². The van der Waals surface area contributed by atoms with E-state index >= 15 is 0 Å². The second-order valence-corrected chi connectivity index (χ2v) is 6.58. The van der Waals surface area contributed by atoms with Crippen molar-refractivity contribution < 1.29 is 36.2 Å². The standard InChI is InChI=1S/C22H16F5NO3/c1-2-13-4-3-5-14(10-13)31-12-15-11-28(8-9-30-15)17(29)7-6-16-18(23)20(25)22(27)21(26)19(16)24/h1,3-7,10,15H,8-9,11-12H2/b7-6+. The molecule has 9 heteroatoms. The van der Waals surface area contributed by atoms with Crippen molar-refractivity contribution in [2.75, 3.05) is 26.3 Å². The van der Waals surface area contributed by atoms with Gasteiger partial charge in [0.15, 0.2) is 23.3 Å². The molecule has 0 aliphatic carbocycles. The van der Waals surface area contributed by atoms with Crippen LogP contribution in [0.25, 0.3) is 6.08 Å². The molecule has 0 bridgehead atoms. The molecule has 0 aromatic heterocycles. The topological polar surface area (TPSA) is 38.8 Å². The number of carbonyl (C=O) groups is 1. The SMILES string of the molecule is C#Cc1cccc(OCC2CN(C(=O)/C=C/c3c(F)c(F)c(F)c(F)c3F)CCO2)c1. The molecule has 0 spiro atoms. The van der Waals surface area contributed by atoms with Crippen LogP contribution >= 0.6 is 0 Å². The maximum absolute atomic E-state index is 13.7. The molecule has 2 aromatic rings. The summed E-state index contributed by atoms with van der Waals surface area (Å²) >= 11 is 0. The first-order valence-corrected chi connectivity index (χ1v) is 9.11. The third kappa shape index (κ3) is 5.03. The molecular formula is C22H16F5NO3. The summed E-state index contributed by atoms with van der Waals surface area (Å²) in [6.07, 6.45) is 6.15. The molecule has 0 radical (unpaired) electrons. The molecule has 1 aliphatic heterocycles. The lowest BCUT2D eigenvalue weighted by Gasteiger charge is -2.32. The second-order valence-electron chi connectivity index (χ2n) is 6.58. The smallest absolute Gasteiger partial charge is 0.246 e. The van der Waals surface area contributed by atoms with Crippen LogP contribution in [0.1, 0.15) is 11.1 Å². The Kier molecular flexibility index (Phi) is 6.92. The van der Waals surface area contributed by atoms with Gasteiger partial charge in [0.05, 0.1) is 18.7 Å². The summed E-state index contributed by atoms with van der Waals surface area (Å²) in [7, 11) is 0. The van der Waals surface area contributed by atoms with Gasteiger partial charge < -0.3 is 14.4 Å². The second kappa shape index (κ2) is 9.62. The normalized spacial score (nSPS) is 16.4. The highest BCUT2D eigenvalue weighted by Crippen LogP contribution is 2.24. The van der Waals surface area contributed by atoms with E-state index in [0.717, 1.165) is 6.08 Å². The number of benzene rings is 2. The predicted molar refractivity (Wildman–Crippen MR) is 101 cm³/mol. The van der Waals surface area contributed by atoms with Crippen molar-refractivity contribution in [2.24, 2.45) is 0 Å². The number of ether oxygens (including phenoxy) is 2. The maximum Gasteiger partial charge on any atom is 0.246 e.